The highest BCUT2D eigenvalue weighted by Gasteiger charge is 2.12. The lowest BCUT2D eigenvalue weighted by Gasteiger charge is -2.16. The van der Waals surface area contributed by atoms with Crippen LogP contribution in [0.4, 0.5) is 15.8 Å². The van der Waals surface area contributed by atoms with E-state index in [9.17, 15) is 14.0 Å². The molecule has 0 saturated carbocycles. The molecule has 0 spiro atoms. The molecule has 1 aromatic heterocycles. The fourth-order valence-corrected chi connectivity index (χ4v) is 3.93. The van der Waals surface area contributed by atoms with E-state index in [4.69, 9.17) is 4.74 Å². The lowest BCUT2D eigenvalue weighted by atomic mass is 10.2. The minimum atomic E-state index is -0.404. The van der Waals surface area contributed by atoms with Crippen LogP contribution in [0, 0.1) is 5.82 Å². The van der Waals surface area contributed by atoms with Gasteiger partial charge in [0.25, 0.3) is 11.5 Å². The van der Waals surface area contributed by atoms with Gasteiger partial charge in [-0.1, -0.05) is 22.9 Å². The van der Waals surface area contributed by atoms with Crippen LogP contribution in [0.15, 0.2) is 75.0 Å². The Morgan fingerprint density at radius 2 is 1.92 bits per heavy atom. The number of aryl methyl sites for hydroxylation is 1. The fraction of sp³-hybridized carbons (Fsp3) is 0.185. The van der Waals surface area contributed by atoms with Crippen LogP contribution in [-0.4, -0.2) is 42.5 Å². The third-order valence-corrected chi connectivity index (χ3v) is 6.00. The molecule has 4 aromatic rings. The van der Waals surface area contributed by atoms with Crippen molar-refractivity contribution in [2.75, 3.05) is 30.9 Å². The number of amides is 1. The maximum atomic E-state index is 13.2. The molecule has 10 heteroatoms. The van der Waals surface area contributed by atoms with E-state index in [1.54, 1.807) is 24.3 Å². The number of carbonyl (C=O) groups excluding carboxylic acids is 1. The second kappa shape index (κ2) is 11.3. The summed E-state index contributed by atoms with van der Waals surface area (Å²) in [4.78, 5) is 32.1. The minimum Gasteiger partial charge on any atom is -0.483 e. The highest BCUT2D eigenvalue weighted by molar-refractivity contribution is 9.10. The number of rotatable bonds is 8. The van der Waals surface area contributed by atoms with Crippen molar-refractivity contribution in [2.24, 2.45) is 5.10 Å². The first kappa shape index (κ1) is 26.0. The molecule has 37 heavy (non-hydrogen) atoms. The predicted octanol–water partition coefficient (Wildman–Crippen LogP) is 4.83. The lowest BCUT2D eigenvalue weighted by molar-refractivity contribution is -0.118. The summed E-state index contributed by atoms with van der Waals surface area (Å²) in [7, 11) is 3.78. The monoisotopic (exact) mass is 565 g/mol. The molecule has 190 valence electrons. The van der Waals surface area contributed by atoms with E-state index < -0.39 is 11.7 Å². The van der Waals surface area contributed by atoms with Crippen LogP contribution < -0.4 is 20.5 Å². The van der Waals surface area contributed by atoms with Crippen LogP contribution in [0.3, 0.4) is 0 Å². The Labute approximate surface area is 221 Å². The summed E-state index contributed by atoms with van der Waals surface area (Å²) in [6.07, 6.45) is 2.02. The molecule has 0 aliphatic carbocycles. The van der Waals surface area contributed by atoms with Crippen molar-refractivity contribution in [2.45, 2.75) is 13.3 Å². The van der Waals surface area contributed by atoms with Gasteiger partial charge in [0.05, 0.1) is 17.1 Å². The number of aromatic nitrogens is 2. The van der Waals surface area contributed by atoms with Crippen LogP contribution in [0.5, 0.6) is 5.75 Å². The van der Waals surface area contributed by atoms with E-state index in [0.29, 0.717) is 40.1 Å². The molecule has 1 N–H and O–H groups in total. The molecule has 0 unspecified atom stereocenters. The first-order valence-corrected chi connectivity index (χ1v) is 12.3. The molecule has 0 aliphatic rings. The number of fused-ring (bicyclic) bond motifs is 1. The predicted molar refractivity (Wildman–Crippen MR) is 147 cm³/mol. The van der Waals surface area contributed by atoms with E-state index in [1.807, 2.05) is 38.1 Å². The zero-order valence-corrected chi connectivity index (χ0v) is 22.1. The van der Waals surface area contributed by atoms with Crippen molar-refractivity contribution in [3.05, 3.63) is 92.7 Å². The van der Waals surface area contributed by atoms with Crippen LogP contribution in [0.2, 0.25) is 0 Å². The molecule has 0 fully saturated rings. The van der Waals surface area contributed by atoms with Crippen molar-refractivity contribution >= 4 is 50.3 Å². The van der Waals surface area contributed by atoms with Gasteiger partial charge < -0.3 is 15.0 Å². The van der Waals surface area contributed by atoms with Crippen molar-refractivity contribution in [1.29, 1.82) is 0 Å². The van der Waals surface area contributed by atoms with Crippen LogP contribution in [0.1, 0.15) is 18.3 Å². The molecule has 0 radical (unpaired) electrons. The van der Waals surface area contributed by atoms with Crippen LogP contribution in [-0.2, 0) is 11.2 Å². The van der Waals surface area contributed by atoms with E-state index >= 15 is 0 Å². The quantitative estimate of drug-likeness (QED) is 0.309. The molecule has 1 amide bonds. The maximum absolute atomic E-state index is 13.2. The lowest BCUT2D eigenvalue weighted by Crippen LogP contribution is -2.22. The third-order valence-electron chi connectivity index (χ3n) is 5.50. The Kier molecular flexibility index (Phi) is 7.98. The number of halogens is 2. The maximum Gasteiger partial charge on any atom is 0.282 e. The van der Waals surface area contributed by atoms with Crippen molar-refractivity contribution in [3.63, 3.8) is 0 Å². The molecule has 0 atom stereocenters. The topological polar surface area (TPSA) is 88.8 Å². The van der Waals surface area contributed by atoms with Gasteiger partial charge in [-0.15, -0.1) is 0 Å². The molecule has 8 nitrogen and oxygen atoms in total. The minimum absolute atomic E-state index is 0.277. The summed E-state index contributed by atoms with van der Waals surface area (Å²) in [6.45, 7) is 1.62. The number of anilines is 2. The van der Waals surface area contributed by atoms with Gasteiger partial charge in [-0.25, -0.2) is 9.37 Å². The SMILES string of the molecule is CCc1nc2ccc(Br)cc2c(=O)n1N=Cc1ccc(N(C)C)cc1OCC(=O)Nc1ccc(F)cc1. The summed E-state index contributed by atoms with van der Waals surface area (Å²) in [5.41, 5.74) is 2.20. The largest absolute Gasteiger partial charge is 0.483 e. The van der Waals surface area contributed by atoms with Gasteiger partial charge in [0.1, 0.15) is 17.4 Å². The average Bonchev–Trinajstić information content (AvgIpc) is 2.88. The molecule has 0 aliphatic heterocycles. The second-order valence-corrected chi connectivity index (χ2v) is 9.28. The van der Waals surface area contributed by atoms with Crippen molar-refractivity contribution < 1.29 is 13.9 Å². The molecular weight excluding hydrogens is 541 g/mol. The molecule has 4 rings (SSSR count). The first-order valence-electron chi connectivity index (χ1n) is 11.5. The van der Waals surface area contributed by atoms with Gasteiger partial charge in [0.15, 0.2) is 6.61 Å². The standard InChI is InChI=1S/C27H25BrFN5O3/c1-4-25-32-23-12-6-18(28)13-22(23)27(36)34(25)30-15-17-5-11-21(33(2)3)14-24(17)37-16-26(35)31-20-9-7-19(29)8-10-20/h5-15H,4,16H2,1-3H3,(H,31,35). The smallest absolute Gasteiger partial charge is 0.282 e. The van der Waals surface area contributed by atoms with Crippen LogP contribution in [0.25, 0.3) is 10.9 Å². The van der Waals surface area contributed by atoms with Gasteiger partial charge in [0.2, 0.25) is 0 Å². The van der Waals surface area contributed by atoms with Gasteiger partial charge >= 0.3 is 0 Å². The Hall–Kier alpha value is -4.05. The average molecular weight is 566 g/mol. The third kappa shape index (κ3) is 6.21. The highest BCUT2D eigenvalue weighted by atomic mass is 79.9. The number of carbonyl (C=O) groups is 1. The zero-order chi connectivity index (χ0) is 26.5. The van der Waals surface area contributed by atoms with Crippen LogP contribution >= 0.6 is 15.9 Å². The summed E-state index contributed by atoms with van der Waals surface area (Å²) >= 11 is 3.40. The Morgan fingerprint density at radius 1 is 1.16 bits per heavy atom. The summed E-state index contributed by atoms with van der Waals surface area (Å²) in [5.74, 6) is 0.130. The molecular formula is C27H25BrFN5O3. The van der Waals surface area contributed by atoms with Gasteiger partial charge in [-0.2, -0.15) is 9.78 Å². The van der Waals surface area contributed by atoms with Crippen molar-refractivity contribution in [1.82, 2.24) is 9.66 Å². The molecule has 0 saturated heterocycles. The van der Waals surface area contributed by atoms with Gasteiger partial charge in [0, 0.05) is 48.0 Å². The van der Waals surface area contributed by atoms with Crippen molar-refractivity contribution in [3.8, 4) is 5.75 Å². The Bertz CT molecular complexity index is 1530. The van der Waals surface area contributed by atoms with E-state index in [-0.39, 0.29) is 12.2 Å². The molecule has 1 heterocycles. The summed E-state index contributed by atoms with van der Waals surface area (Å²) in [5, 5.41) is 7.55. The number of hydrogen-bond donors (Lipinski definition) is 1. The van der Waals surface area contributed by atoms with E-state index in [1.165, 1.54) is 35.2 Å². The summed E-state index contributed by atoms with van der Waals surface area (Å²) < 4.78 is 21.0. The normalized spacial score (nSPS) is 11.2. The molecule has 3 aromatic carbocycles. The number of nitrogens with one attached hydrogen (secondary N) is 1. The number of hydrogen-bond acceptors (Lipinski definition) is 6. The number of nitrogens with zero attached hydrogens (tertiary/aromatic N) is 4. The summed E-state index contributed by atoms with van der Waals surface area (Å²) in [6, 6.07) is 16.3. The van der Waals surface area contributed by atoms with E-state index in [0.717, 1.165) is 10.2 Å². The fourth-order valence-electron chi connectivity index (χ4n) is 3.57. The zero-order valence-electron chi connectivity index (χ0n) is 20.5. The molecule has 0 bridgehead atoms. The van der Waals surface area contributed by atoms with E-state index in [2.05, 4.69) is 31.3 Å². The van der Waals surface area contributed by atoms with Gasteiger partial charge in [-0.3, -0.25) is 9.59 Å². The first-order chi connectivity index (χ1) is 17.7. The highest BCUT2D eigenvalue weighted by Crippen LogP contribution is 2.24. The van der Waals surface area contributed by atoms with Gasteiger partial charge in [-0.05, 0) is 54.6 Å². The Morgan fingerprint density at radius 3 is 2.62 bits per heavy atom. The number of ether oxygens (including phenoxy) is 1. The number of benzene rings is 3. The Balaban J connectivity index is 1.63. The second-order valence-electron chi connectivity index (χ2n) is 8.36.